The summed E-state index contributed by atoms with van der Waals surface area (Å²) in [6, 6.07) is 7.86. The number of carbonyl (C=O) groups is 1. The van der Waals surface area contributed by atoms with Gasteiger partial charge in [0.05, 0.1) is 15.1 Å². The molecule has 0 atom stereocenters. The molecule has 1 nitrogen and oxygen atoms in total. The maximum atomic E-state index is 11.1. The highest BCUT2D eigenvalue weighted by molar-refractivity contribution is 6.67. The molecule has 0 bridgehead atoms. The summed E-state index contributed by atoms with van der Waals surface area (Å²) >= 11 is 29.5. The summed E-state index contributed by atoms with van der Waals surface area (Å²) in [5.41, 5.74) is 1.59. The highest BCUT2D eigenvalue weighted by Crippen LogP contribution is 2.38. The fourth-order valence-electron chi connectivity index (χ4n) is 1.58. The van der Waals surface area contributed by atoms with Gasteiger partial charge in [-0.2, -0.15) is 0 Å². The van der Waals surface area contributed by atoms with E-state index in [4.69, 9.17) is 58.0 Å². The van der Waals surface area contributed by atoms with E-state index in [0.29, 0.717) is 36.8 Å². The molecule has 98 valence electrons. The average Bonchev–Trinajstić information content (AvgIpc) is 2.34. The Morgan fingerprint density at radius 3 is 1.89 bits per heavy atom. The maximum Gasteiger partial charge on any atom is 0.252 e. The molecule has 19 heavy (non-hydrogen) atoms. The lowest BCUT2D eigenvalue weighted by Gasteiger charge is -2.09. The molecule has 2 rings (SSSR count). The molecule has 6 heteroatoms. The summed E-state index contributed by atoms with van der Waals surface area (Å²) < 4.78 is 0. The van der Waals surface area contributed by atoms with Gasteiger partial charge >= 0.3 is 0 Å². The molecule has 0 spiro atoms. The standard InChI is InChI=1S/C13H5Cl5O/c14-9-3-6(13(18)19)1-2-7(9)8-4-11(16)12(17)5-10(8)15/h1-5H. The van der Waals surface area contributed by atoms with Crippen LogP contribution < -0.4 is 0 Å². The summed E-state index contributed by atoms with van der Waals surface area (Å²) in [5, 5.41) is 0.926. The first-order valence-electron chi connectivity index (χ1n) is 5.04. The summed E-state index contributed by atoms with van der Waals surface area (Å²) in [5.74, 6) is 0. The molecule has 0 aromatic heterocycles. The van der Waals surface area contributed by atoms with Gasteiger partial charge in [-0.05, 0) is 35.9 Å². The molecule has 0 aliphatic rings. The zero-order chi connectivity index (χ0) is 14.2. The predicted octanol–water partition coefficient (Wildman–Crippen LogP) is 6.35. The summed E-state index contributed by atoms with van der Waals surface area (Å²) in [6.45, 7) is 0. The van der Waals surface area contributed by atoms with Crippen LogP contribution in [0.5, 0.6) is 0 Å². The number of halogens is 5. The van der Waals surface area contributed by atoms with Crippen molar-refractivity contribution in [3.05, 3.63) is 56.0 Å². The zero-order valence-electron chi connectivity index (χ0n) is 9.18. The minimum Gasteiger partial charge on any atom is -0.276 e. The molecule has 0 heterocycles. The molecule has 0 fully saturated rings. The Labute approximate surface area is 135 Å². The van der Waals surface area contributed by atoms with Crippen molar-refractivity contribution in [1.29, 1.82) is 0 Å². The van der Waals surface area contributed by atoms with E-state index in [1.165, 1.54) is 12.1 Å². The van der Waals surface area contributed by atoms with E-state index in [0.717, 1.165) is 0 Å². The maximum absolute atomic E-state index is 11.1. The molecule has 0 radical (unpaired) electrons. The van der Waals surface area contributed by atoms with Crippen molar-refractivity contribution in [2.75, 3.05) is 0 Å². The van der Waals surface area contributed by atoms with E-state index in [9.17, 15) is 4.79 Å². The van der Waals surface area contributed by atoms with Gasteiger partial charge in [0.25, 0.3) is 5.24 Å². The Bertz CT molecular complexity index is 666. The average molecular weight is 354 g/mol. The second kappa shape index (κ2) is 5.90. The SMILES string of the molecule is O=C(Cl)c1ccc(-c2cc(Cl)c(Cl)cc2Cl)c(Cl)c1. The Kier molecular flexibility index (Phi) is 4.65. The minimum atomic E-state index is -0.575. The summed E-state index contributed by atoms with van der Waals surface area (Å²) in [7, 11) is 0. The fourth-order valence-corrected chi connectivity index (χ4v) is 2.63. The van der Waals surface area contributed by atoms with E-state index in [2.05, 4.69) is 0 Å². The molecule has 0 N–H and O–H groups in total. The van der Waals surface area contributed by atoms with Crippen LogP contribution in [-0.2, 0) is 0 Å². The second-order valence-electron chi connectivity index (χ2n) is 3.71. The quantitative estimate of drug-likeness (QED) is 0.454. The Morgan fingerprint density at radius 1 is 0.737 bits per heavy atom. The van der Waals surface area contributed by atoms with E-state index in [1.807, 2.05) is 0 Å². The van der Waals surface area contributed by atoms with Crippen LogP contribution in [0.1, 0.15) is 10.4 Å². The van der Waals surface area contributed by atoms with Crippen molar-refractivity contribution in [2.45, 2.75) is 0 Å². The molecular formula is C13H5Cl5O. The third kappa shape index (κ3) is 3.18. The molecule has 0 amide bonds. The van der Waals surface area contributed by atoms with E-state index in [-0.39, 0.29) is 0 Å². The monoisotopic (exact) mass is 352 g/mol. The van der Waals surface area contributed by atoms with Gasteiger partial charge in [0, 0.05) is 21.7 Å². The first-order chi connectivity index (χ1) is 8.90. The van der Waals surface area contributed by atoms with Gasteiger partial charge in [-0.3, -0.25) is 4.79 Å². The van der Waals surface area contributed by atoms with Gasteiger partial charge in [0.15, 0.2) is 0 Å². The van der Waals surface area contributed by atoms with Crippen molar-refractivity contribution in [3.8, 4) is 11.1 Å². The first-order valence-corrected chi connectivity index (χ1v) is 6.93. The first kappa shape index (κ1) is 15.0. The smallest absolute Gasteiger partial charge is 0.252 e. The molecule has 2 aromatic rings. The third-order valence-electron chi connectivity index (χ3n) is 2.50. The Morgan fingerprint density at radius 2 is 1.32 bits per heavy atom. The highest BCUT2D eigenvalue weighted by Gasteiger charge is 2.13. The largest absolute Gasteiger partial charge is 0.276 e. The van der Waals surface area contributed by atoms with Gasteiger partial charge < -0.3 is 0 Å². The highest BCUT2D eigenvalue weighted by atomic mass is 35.5. The lowest BCUT2D eigenvalue weighted by Crippen LogP contribution is -1.90. The van der Waals surface area contributed by atoms with Crippen LogP contribution in [-0.4, -0.2) is 5.24 Å². The summed E-state index contributed by atoms with van der Waals surface area (Å²) in [4.78, 5) is 11.1. The van der Waals surface area contributed by atoms with Crippen molar-refractivity contribution < 1.29 is 4.79 Å². The van der Waals surface area contributed by atoms with E-state index in [1.54, 1.807) is 18.2 Å². The number of hydrogen-bond donors (Lipinski definition) is 0. The topological polar surface area (TPSA) is 17.1 Å². The van der Waals surface area contributed by atoms with Gasteiger partial charge in [-0.15, -0.1) is 0 Å². The second-order valence-corrected chi connectivity index (χ2v) is 5.69. The normalized spacial score (nSPS) is 10.6. The van der Waals surface area contributed by atoms with Gasteiger partial charge in [-0.1, -0.05) is 52.5 Å². The van der Waals surface area contributed by atoms with Crippen molar-refractivity contribution in [2.24, 2.45) is 0 Å². The molecular weight excluding hydrogens is 349 g/mol. The fraction of sp³-hybridized carbons (Fsp3) is 0. The van der Waals surface area contributed by atoms with Gasteiger partial charge in [0.1, 0.15) is 0 Å². The summed E-state index contributed by atoms with van der Waals surface area (Å²) in [6.07, 6.45) is 0. The number of carbonyl (C=O) groups excluding carboxylic acids is 1. The Hall–Kier alpha value is -0.440. The molecule has 0 unspecified atom stereocenters. The van der Waals surface area contributed by atoms with E-state index < -0.39 is 5.24 Å². The van der Waals surface area contributed by atoms with Crippen molar-refractivity contribution in [1.82, 2.24) is 0 Å². The molecule has 0 saturated carbocycles. The van der Waals surface area contributed by atoms with Crippen LogP contribution in [0.4, 0.5) is 0 Å². The van der Waals surface area contributed by atoms with Crippen molar-refractivity contribution in [3.63, 3.8) is 0 Å². The third-order valence-corrected chi connectivity index (χ3v) is 4.06. The number of rotatable bonds is 2. The van der Waals surface area contributed by atoms with Crippen LogP contribution in [0, 0.1) is 0 Å². The lowest BCUT2D eigenvalue weighted by molar-refractivity contribution is 0.108. The van der Waals surface area contributed by atoms with Gasteiger partial charge in [-0.25, -0.2) is 0 Å². The minimum absolute atomic E-state index is 0.312. The molecule has 2 aromatic carbocycles. The molecule has 0 saturated heterocycles. The van der Waals surface area contributed by atoms with Crippen LogP contribution in [0.15, 0.2) is 30.3 Å². The van der Waals surface area contributed by atoms with E-state index >= 15 is 0 Å². The number of hydrogen-bond acceptors (Lipinski definition) is 1. The lowest BCUT2D eigenvalue weighted by atomic mass is 10.0. The molecule has 0 aliphatic carbocycles. The van der Waals surface area contributed by atoms with Crippen LogP contribution in [0.2, 0.25) is 20.1 Å². The van der Waals surface area contributed by atoms with Gasteiger partial charge in [0.2, 0.25) is 0 Å². The number of benzene rings is 2. The zero-order valence-corrected chi connectivity index (χ0v) is 13.0. The van der Waals surface area contributed by atoms with Crippen LogP contribution in [0.3, 0.4) is 0 Å². The predicted molar refractivity (Wildman–Crippen MR) is 82.1 cm³/mol. The Balaban J connectivity index is 2.59. The van der Waals surface area contributed by atoms with Crippen LogP contribution in [0.25, 0.3) is 11.1 Å². The van der Waals surface area contributed by atoms with Crippen molar-refractivity contribution >= 4 is 63.2 Å². The van der Waals surface area contributed by atoms with Crippen LogP contribution >= 0.6 is 58.0 Å². The molecule has 0 aliphatic heterocycles.